The predicted molar refractivity (Wildman–Crippen MR) is 78.9 cm³/mol. The number of carbonyl (C=O) groups is 2. The zero-order valence-electron chi connectivity index (χ0n) is 11.7. The monoisotopic (exact) mass is 357 g/mol. The first-order valence-corrected chi connectivity index (χ1v) is 7.16. The molecule has 1 fully saturated rings. The molecule has 0 aliphatic heterocycles. The molecule has 1 aliphatic carbocycles. The van der Waals surface area contributed by atoms with Crippen LogP contribution in [0.5, 0.6) is 11.5 Å². The van der Waals surface area contributed by atoms with E-state index in [2.05, 4.69) is 21.2 Å². The molecule has 114 valence electrons. The molecule has 0 unspecified atom stereocenters. The third-order valence-electron chi connectivity index (χ3n) is 3.60. The molecule has 0 heterocycles. The summed E-state index contributed by atoms with van der Waals surface area (Å²) in [5.41, 5.74) is -0.510. The number of halogens is 1. The second-order valence-corrected chi connectivity index (χ2v) is 5.81. The Kier molecular flexibility index (Phi) is 4.41. The first-order valence-electron chi connectivity index (χ1n) is 6.36. The van der Waals surface area contributed by atoms with Gasteiger partial charge in [0.25, 0.3) is 5.91 Å². The van der Waals surface area contributed by atoms with Crippen molar-refractivity contribution in [1.82, 2.24) is 5.32 Å². The maximum Gasteiger partial charge on any atom is 0.311 e. The van der Waals surface area contributed by atoms with Crippen molar-refractivity contribution >= 4 is 27.8 Å². The second kappa shape index (κ2) is 5.93. The van der Waals surface area contributed by atoms with Gasteiger partial charge in [-0.3, -0.25) is 9.59 Å². The lowest BCUT2D eigenvalue weighted by Gasteiger charge is -2.15. The summed E-state index contributed by atoms with van der Waals surface area (Å²) in [4.78, 5) is 23.4. The van der Waals surface area contributed by atoms with Crippen molar-refractivity contribution in [1.29, 1.82) is 0 Å². The average Bonchev–Trinajstić information content (AvgIpc) is 3.25. The van der Waals surface area contributed by atoms with Crippen LogP contribution in [0, 0.1) is 5.41 Å². The van der Waals surface area contributed by atoms with E-state index in [1.807, 2.05) is 0 Å². The van der Waals surface area contributed by atoms with Gasteiger partial charge in [0, 0.05) is 6.54 Å². The van der Waals surface area contributed by atoms with Gasteiger partial charge < -0.3 is 19.9 Å². The fraction of sp³-hybridized carbons (Fsp3) is 0.429. The summed E-state index contributed by atoms with van der Waals surface area (Å²) in [6.45, 7) is 0.110. The molecule has 1 aromatic carbocycles. The molecule has 2 N–H and O–H groups in total. The molecule has 0 saturated heterocycles. The maximum absolute atomic E-state index is 12.3. The van der Waals surface area contributed by atoms with Crippen LogP contribution in [-0.4, -0.2) is 37.7 Å². The highest BCUT2D eigenvalue weighted by atomic mass is 79.9. The SMILES string of the molecule is COc1cc(Br)c(OC)c(C(=O)NCC2(C(=O)O)CC2)c1. The number of hydrogen-bond acceptors (Lipinski definition) is 4. The van der Waals surface area contributed by atoms with E-state index >= 15 is 0 Å². The minimum Gasteiger partial charge on any atom is -0.497 e. The molecular formula is C14H16BrNO5. The molecule has 2 rings (SSSR count). The van der Waals surface area contributed by atoms with E-state index in [0.29, 0.717) is 34.4 Å². The molecule has 6 nitrogen and oxygen atoms in total. The molecule has 7 heteroatoms. The van der Waals surface area contributed by atoms with Crippen molar-refractivity contribution in [2.45, 2.75) is 12.8 Å². The normalized spacial score (nSPS) is 15.2. The molecule has 1 saturated carbocycles. The minimum absolute atomic E-state index is 0.110. The minimum atomic E-state index is -0.874. The topological polar surface area (TPSA) is 84.9 Å². The number of methoxy groups -OCH3 is 2. The highest BCUT2D eigenvalue weighted by molar-refractivity contribution is 9.10. The van der Waals surface area contributed by atoms with Gasteiger partial charge in [0.1, 0.15) is 11.5 Å². The first-order chi connectivity index (χ1) is 9.93. The van der Waals surface area contributed by atoms with Crippen molar-refractivity contribution < 1.29 is 24.2 Å². The summed E-state index contributed by atoms with van der Waals surface area (Å²) in [5, 5.41) is 11.8. The van der Waals surface area contributed by atoms with Gasteiger partial charge in [-0.1, -0.05) is 0 Å². The molecule has 0 bridgehead atoms. The summed E-state index contributed by atoms with van der Waals surface area (Å²) < 4.78 is 10.9. The van der Waals surface area contributed by atoms with E-state index in [-0.39, 0.29) is 12.5 Å². The number of benzene rings is 1. The number of nitrogens with one attached hydrogen (secondary N) is 1. The van der Waals surface area contributed by atoms with E-state index < -0.39 is 11.4 Å². The summed E-state index contributed by atoms with van der Waals surface area (Å²) in [6, 6.07) is 3.24. The summed E-state index contributed by atoms with van der Waals surface area (Å²) in [6.07, 6.45) is 1.17. The highest BCUT2D eigenvalue weighted by Crippen LogP contribution is 2.45. The van der Waals surface area contributed by atoms with Crippen molar-refractivity contribution in [3.05, 3.63) is 22.2 Å². The van der Waals surface area contributed by atoms with E-state index in [1.54, 1.807) is 12.1 Å². The molecule has 0 radical (unpaired) electrons. The summed E-state index contributed by atoms with van der Waals surface area (Å²) in [5.74, 6) is -0.374. The van der Waals surface area contributed by atoms with Crippen LogP contribution in [0.2, 0.25) is 0 Å². The van der Waals surface area contributed by atoms with Crippen molar-refractivity contribution in [2.75, 3.05) is 20.8 Å². The molecule has 21 heavy (non-hydrogen) atoms. The Bertz CT molecular complexity index is 583. The van der Waals surface area contributed by atoms with Gasteiger partial charge in [0.15, 0.2) is 0 Å². The number of ether oxygens (including phenoxy) is 2. The van der Waals surface area contributed by atoms with Gasteiger partial charge in [-0.25, -0.2) is 0 Å². The van der Waals surface area contributed by atoms with Gasteiger partial charge >= 0.3 is 5.97 Å². The second-order valence-electron chi connectivity index (χ2n) is 4.96. The average molecular weight is 358 g/mol. The Hall–Kier alpha value is -1.76. The van der Waals surface area contributed by atoms with E-state index in [1.165, 1.54) is 14.2 Å². The van der Waals surface area contributed by atoms with Crippen LogP contribution in [0.4, 0.5) is 0 Å². The van der Waals surface area contributed by atoms with E-state index in [9.17, 15) is 9.59 Å². The van der Waals surface area contributed by atoms with Gasteiger partial charge in [-0.15, -0.1) is 0 Å². The van der Waals surface area contributed by atoms with Crippen LogP contribution in [0.15, 0.2) is 16.6 Å². The Labute approximate surface area is 130 Å². The van der Waals surface area contributed by atoms with Gasteiger partial charge in [0.05, 0.1) is 29.7 Å². The molecule has 1 amide bonds. The third-order valence-corrected chi connectivity index (χ3v) is 4.19. The Balaban J connectivity index is 2.18. The summed E-state index contributed by atoms with van der Waals surface area (Å²) >= 11 is 3.31. The summed E-state index contributed by atoms with van der Waals surface area (Å²) in [7, 11) is 2.96. The molecule has 1 aliphatic rings. The highest BCUT2D eigenvalue weighted by Gasteiger charge is 2.50. The Morgan fingerprint density at radius 2 is 2.00 bits per heavy atom. The van der Waals surface area contributed by atoms with Crippen LogP contribution in [0.3, 0.4) is 0 Å². The first kappa shape index (κ1) is 15.6. The standard InChI is InChI=1S/C14H16BrNO5/c1-20-8-5-9(11(21-2)10(15)6-8)12(17)16-7-14(3-4-14)13(18)19/h5-6H,3-4,7H2,1-2H3,(H,16,17)(H,18,19). The lowest BCUT2D eigenvalue weighted by molar-refractivity contribution is -0.143. The smallest absolute Gasteiger partial charge is 0.311 e. The lowest BCUT2D eigenvalue weighted by atomic mass is 10.1. The van der Waals surface area contributed by atoms with E-state index in [0.717, 1.165) is 0 Å². The van der Waals surface area contributed by atoms with Crippen LogP contribution >= 0.6 is 15.9 Å². The molecule has 0 aromatic heterocycles. The third kappa shape index (κ3) is 3.12. The molecule has 0 atom stereocenters. The van der Waals surface area contributed by atoms with Gasteiger partial charge in [-0.2, -0.15) is 0 Å². The van der Waals surface area contributed by atoms with Gasteiger partial charge in [-0.05, 0) is 40.9 Å². The van der Waals surface area contributed by atoms with Crippen molar-refractivity contribution in [3.63, 3.8) is 0 Å². The van der Waals surface area contributed by atoms with Crippen LogP contribution in [-0.2, 0) is 4.79 Å². The molecular weight excluding hydrogens is 342 g/mol. The fourth-order valence-corrected chi connectivity index (χ4v) is 2.63. The maximum atomic E-state index is 12.3. The number of carboxylic acids is 1. The van der Waals surface area contributed by atoms with Crippen molar-refractivity contribution in [3.8, 4) is 11.5 Å². The predicted octanol–water partition coefficient (Wildman–Crippen LogP) is 2.06. The largest absolute Gasteiger partial charge is 0.497 e. The van der Waals surface area contributed by atoms with Crippen LogP contribution in [0.25, 0.3) is 0 Å². The van der Waals surface area contributed by atoms with Crippen LogP contribution < -0.4 is 14.8 Å². The fourth-order valence-electron chi connectivity index (χ4n) is 2.02. The van der Waals surface area contributed by atoms with Crippen LogP contribution in [0.1, 0.15) is 23.2 Å². The van der Waals surface area contributed by atoms with E-state index in [4.69, 9.17) is 14.6 Å². The Morgan fingerprint density at radius 3 is 2.48 bits per heavy atom. The zero-order chi connectivity index (χ0) is 15.6. The number of carbonyl (C=O) groups excluding carboxylic acids is 1. The number of rotatable bonds is 6. The lowest BCUT2D eigenvalue weighted by Crippen LogP contribution is -2.34. The number of amides is 1. The molecule has 1 aromatic rings. The quantitative estimate of drug-likeness (QED) is 0.813. The number of aliphatic carboxylic acids is 1. The number of carboxylic acid groups (broad SMARTS) is 1. The number of hydrogen-bond donors (Lipinski definition) is 2. The zero-order valence-corrected chi connectivity index (χ0v) is 13.3. The van der Waals surface area contributed by atoms with Crippen molar-refractivity contribution in [2.24, 2.45) is 5.41 Å². The van der Waals surface area contributed by atoms with Gasteiger partial charge in [0.2, 0.25) is 0 Å². The Morgan fingerprint density at radius 1 is 1.33 bits per heavy atom. The molecule has 0 spiro atoms.